The fourth-order valence-corrected chi connectivity index (χ4v) is 4.06. The molecule has 0 spiro atoms. The van der Waals surface area contributed by atoms with Gasteiger partial charge in [-0.2, -0.15) is 0 Å². The normalized spacial score (nSPS) is 11.7. The molecule has 1 atom stereocenters. The molecule has 34 heavy (non-hydrogen) atoms. The Labute approximate surface area is 219 Å². The van der Waals surface area contributed by atoms with Gasteiger partial charge in [-0.3, -0.25) is 9.59 Å². The molecular formula is C27H28ClIN2O3. The number of hydrogen-bond acceptors (Lipinski definition) is 3. The Morgan fingerprint density at radius 3 is 2.26 bits per heavy atom. The van der Waals surface area contributed by atoms with Crippen LogP contribution in [0.25, 0.3) is 0 Å². The maximum Gasteiger partial charge on any atom is 0.261 e. The summed E-state index contributed by atoms with van der Waals surface area (Å²) in [5.74, 6) is 0.0875. The van der Waals surface area contributed by atoms with Crippen LogP contribution in [0.15, 0.2) is 78.9 Å². The molecule has 0 saturated carbocycles. The van der Waals surface area contributed by atoms with Gasteiger partial charge in [-0.05, 0) is 77.9 Å². The summed E-state index contributed by atoms with van der Waals surface area (Å²) in [6, 6.07) is 23.7. The minimum absolute atomic E-state index is 0.0638. The van der Waals surface area contributed by atoms with Crippen molar-refractivity contribution in [1.82, 2.24) is 10.2 Å². The average molecular weight is 591 g/mol. The standard InChI is InChI=1S/C27H28ClIN2O3/c1-19(2)30-27(33)25(16-20-8-4-3-5-9-20)31(17-21-10-6-7-11-24(21)28)26(32)18-34-23-14-12-22(29)13-15-23/h3-15,19,25H,16-18H2,1-2H3,(H,30,33). The molecule has 178 valence electrons. The Hall–Kier alpha value is -2.58. The number of hydrogen-bond donors (Lipinski definition) is 1. The Morgan fingerprint density at radius 2 is 1.62 bits per heavy atom. The lowest BCUT2D eigenvalue weighted by Gasteiger charge is -2.32. The predicted molar refractivity (Wildman–Crippen MR) is 144 cm³/mol. The van der Waals surface area contributed by atoms with E-state index in [0.717, 1.165) is 14.7 Å². The minimum Gasteiger partial charge on any atom is -0.484 e. The van der Waals surface area contributed by atoms with E-state index in [1.807, 2.05) is 86.6 Å². The molecule has 0 radical (unpaired) electrons. The van der Waals surface area contributed by atoms with Gasteiger partial charge in [0.2, 0.25) is 5.91 Å². The Balaban J connectivity index is 1.91. The quantitative estimate of drug-likeness (QED) is 0.318. The highest BCUT2D eigenvalue weighted by Gasteiger charge is 2.31. The monoisotopic (exact) mass is 590 g/mol. The number of carbonyl (C=O) groups is 2. The van der Waals surface area contributed by atoms with Crippen molar-refractivity contribution in [3.63, 3.8) is 0 Å². The number of carbonyl (C=O) groups excluding carboxylic acids is 2. The van der Waals surface area contributed by atoms with Crippen molar-refractivity contribution in [2.75, 3.05) is 6.61 Å². The number of nitrogens with zero attached hydrogens (tertiary/aromatic N) is 1. The van der Waals surface area contributed by atoms with Crippen LogP contribution < -0.4 is 10.1 Å². The van der Waals surface area contributed by atoms with Gasteiger partial charge < -0.3 is 15.0 Å². The van der Waals surface area contributed by atoms with Crippen LogP contribution in [0.2, 0.25) is 5.02 Å². The molecule has 0 saturated heterocycles. The summed E-state index contributed by atoms with van der Waals surface area (Å²) in [5, 5.41) is 3.51. The predicted octanol–water partition coefficient (Wildman–Crippen LogP) is 5.49. The van der Waals surface area contributed by atoms with Crippen LogP contribution >= 0.6 is 34.2 Å². The van der Waals surface area contributed by atoms with Gasteiger partial charge in [0.1, 0.15) is 11.8 Å². The average Bonchev–Trinajstić information content (AvgIpc) is 2.82. The molecule has 0 aliphatic carbocycles. The summed E-state index contributed by atoms with van der Waals surface area (Å²) < 4.78 is 6.85. The van der Waals surface area contributed by atoms with Gasteiger partial charge in [0.15, 0.2) is 6.61 Å². The zero-order chi connectivity index (χ0) is 24.5. The number of nitrogens with one attached hydrogen (secondary N) is 1. The first-order chi connectivity index (χ1) is 16.3. The third kappa shape index (κ3) is 7.74. The molecule has 3 aromatic rings. The van der Waals surface area contributed by atoms with E-state index >= 15 is 0 Å². The maximum absolute atomic E-state index is 13.5. The lowest BCUT2D eigenvalue weighted by Crippen LogP contribution is -2.52. The van der Waals surface area contributed by atoms with Crippen LogP contribution in [0.3, 0.4) is 0 Å². The van der Waals surface area contributed by atoms with E-state index in [9.17, 15) is 9.59 Å². The molecule has 0 heterocycles. The molecule has 5 nitrogen and oxygen atoms in total. The summed E-state index contributed by atoms with van der Waals surface area (Å²) in [6.07, 6.45) is 0.374. The van der Waals surface area contributed by atoms with Gasteiger partial charge in [0, 0.05) is 27.6 Å². The topological polar surface area (TPSA) is 58.6 Å². The number of ether oxygens (including phenoxy) is 1. The van der Waals surface area contributed by atoms with Gasteiger partial charge in [-0.15, -0.1) is 0 Å². The number of rotatable bonds is 10. The zero-order valence-corrected chi connectivity index (χ0v) is 22.1. The molecule has 7 heteroatoms. The highest BCUT2D eigenvalue weighted by molar-refractivity contribution is 14.1. The van der Waals surface area contributed by atoms with E-state index in [4.69, 9.17) is 16.3 Å². The van der Waals surface area contributed by atoms with Crippen molar-refractivity contribution in [3.05, 3.63) is 98.6 Å². The van der Waals surface area contributed by atoms with E-state index in [2.05, 4.69) is 27.9 Å². The van der Waals surface area contributed by atoms with Crippen molar-refractivity contribution in [3.8, 4) is 5.75 Å². The number of amides is 2. The maximum atomic E-state index is 13.5. The third-order valence-corrected chi connectivity index (χ3v) is 6.26. The fraction of sp³-hybridized carbons (Fsp3) is 0.259. The fourth-order valence-electron chi connectivity index (χ4n) is 3.50. The molecule has 0 aliphatic heterocycles. The van der Waals surface area contributed by atoms with E-state index in [-0.39, 0.29) is 31.0 Å². The molecule has 2 amide bonds. The summed E-state index contributed by atoms with van der Waals surface area (Å²) >= 11 is 8.63. The molecule has 3 rings (SSSR count). The Kier molecular flexibility index (Phi) is 9.77. The Morgan fingerprint density at radius 1 is 0.971 bits per heavy atom. The lowest BCUT2D eigenvalue weighted by molar-refractivity contribution is -0.143. The van der Waals surface area contributed by atoms with Crippen molar-refractivity contribution in [1.29, 1.82) is 0 Å². The van der Waals surface area contributed by atoms with Crippen LogP contribution in [0.5, 0.6) is 5.75 Å². The smallest absolute Gasteiger partial charge is 0.261 e. The first kappa shape index (κ1) is 26.0. The molecule has 0 bridgehead atoms. The largest absolute Gasteiger partial charge is 0.484 e. The van der Waals surface area contributed by atoms with Crippen molar-refractivity contribution in [2.45, 2.75) is 38.9 Å². The van der Waals surface area contributed by atoms with Crippen LogP contribution in [-0.2, 0) is 22.6 Å². The highest BCUT2D eigenvalue weighted by atomic mass is 127. The SMILES string of the molecule is CC(C)NC(=O)C(Cc1ccccc1)N(Cc1ccccc1Cl)C(=O)COc1ccc(I)cc1. The highest BCUT2D eigenvalue weighted by Crippen LogP contribution is 2.21. The summed E-state index contributed by atoms with van der Waals surface area (Å²) in [5.41, 5.74) is 1.73. The summed E-state index contributed by atoms with van der Waals surface area (Å²) in [7, 11) is 0. The second-order valence-electron chi connectivity index (χ2n) is 8.22. The second kappa shape index (κ2) is 12.8. The molecule has 1 unspecified atom stereocenters. The van der Waals surface area contributed by atoms with E-state index in [1.165, 1.54) is 0 Å². The first-order valence-electron chi connectivity index (χ1n) is 11.1. The molecule has 1 N–H and O–H groups in total. The van der Waals surface area contributed by atoms with Crippen LogP contribution in [-0.4, -0.2) is 35.4 Å². The lowest BCUT2D eigenvalue weighted by atomic mass is 10.0. The minimum atomic E-state index is -0.728. The number of halogens is 2. The van der Waals surface area contributed by atoms with Gasteiger partial charge in [-0.25, -0.2) is 0 Å². The third-order valence-electron chi connectivity index (χ3n) is 5.18. The Bertz CT molecular complexity index is 1090. The van der Waals surface area contributed by atoms with Gasteiger partial charge in [0.25, 0.3) is 5.91 Å². The van der Waals surface area contributed by atoms with Crippen LogP contribution in [0, 0.1) is 3.57 Å². The van der Waals surface area contributed by atoms with Crippen molar-refractivity contribution in [2.24, 2.45) is 0 Å². The van der Waals surface area contributed by atoms with Crippen molar-refractivity contribution < 1.29 is 14.3 Å². The number of benzene rings is 3. The first-order valence-corrected chi connectivity index (χ1v) is 12.5. The van der Waals surface area contributed by atoms with E-state index in [0.29, 0.717) is 17.2 Å². The van der Waals surface area contributed by atoms with Crippen LogP contribution in [0.1, 0.15) is 25.0 Å². The zero-order valence-electron chi connectivity index (χ0n) is 19.2. The van der Waals surface area contributed by atoms with Gasteiger partial charge in [0.05, 0.1) is 0 Å². The molecular weight excluding hydrogens is 563 g/mol. The van der Waals surface area contributed by atoms with E-state index < -0.39 is 6.04 Å². The van der Waals surface area contributed by atoms with Gasteiger partial charge in [-0.1, -0.05) is 60.1 Å². The van der Waals surface area contributed by atoms with Crippen LogP contribution in [0.4, 0.5) is 0 Å². The summed E-state index contributed by atoms with van der Waals surface area (Å²) in [4.78, 5) is 28.4. The van der Waals surface area contributed by atoms with E-state index in [1.54, 1.807) is 11.0 Å². The second-order valence-corrected chi connectivity index (χ2v) is 9.88. The molecule has 0 aromatic heterocycles. The van der Waals surface area contributed by atoms with Gasteiger partial charge >= 0.3 is 0 Å². The molecule has 0 aliphatic rings. The molecule has 3 aromatic carbocycles. The molecule has 0 fully saturated rings. The summed E-state index contributed by atoms with van der Waals surface area (Å²) in [6.45, 7) is 3.80. The van der Waals surface area contributed by atoms with Crippen molar-refractivity contribution >= 4 is 46.0 Å².